The van der Waals surface area contributed by atoms with Crippen LogP contribution in [0.15, 0.2) is 24.3 Å². The van der Waals surface area contributed by atoms with Crippen LogP contribution in [-0.4, -0.2) is 8.42 Å². The van der Waals surface area contributed by atoms with E-state index in [1.54, 1.807) is 6.07 Å². The Labute approximate surface area is 86.0 Å². The van der Waals surface area contributed by atoms with Gasteiger partial charge in [-0.2, -0.15) is 0 Å². The average Bonchev–Trinajstić information content (AvgIpc) is 2.03. The van der Waals surface area contributed by atoms with Gasteiger partial charge in [0.25, 0.3) is 11.0 Å². The van der Waals surface area contributed by atoms with Gasteiger partial charge in [-0.1, -0.05) is 18.2 Å². The highest BCUT2D eigenvalue weighted by Gasteiger charge is 1.98. The minimum absolute atomic E-state index is 0.761. The molecule has 0 spiro atoms. The van der Waals surface area contributed by atoms with Gasteiger partial charge in [0, 0.05) is 3.57 Å². The summed E-state index contributed by atoms with van der Waals surface area (Å²) in [6.45, 7) is 1.22. The van der Waals surface area contributed by atoms with Gasteiger partial charge in [-0.15, -0.1) is 0 Å². The fourth-order valence-electron chi connectivity index (χ4n) is 0.670. The molecule has 1 aromatic carbocycles. The van der Waals surface area contributed by atoms with E-state index in [-0.39, 0.29) is 0 Å². The van der Waals surface area contributed by atoms with Crippen LogP contribution in [0.4, 0.5) is 0 Å². The molecule has 0 amide bonds. The highest BCUT2D eigenvalue weighted by atomic mass is 127. The van der Waals surface area contributed by atoms with Crippen molar-refractivity contribution in [1.29, 1.82) is 0 Å². The molecule has 0 heterocycles. The van der Waals surface area contributed by atoms with Crippen LogP contribution < -0.4 is 0 Å². The molecular formula is C7H6IO3S. The Balaban J connectivity index is 2.69. The van der Waals surface area contributed by atoms with Gasteiger partial charge in [-0.3, -0.25) is 4.18 Å². The fraction of sp³-hybridized carbons (Fsp3) is 0. The van der Waals surface area contributed by atoms with E-state index in [4.69, 9.17) is 0 Å². The van der Waals surface area contributed by atoms with Gasteiger partial charge >= 0.3 is 0 Å². The van der Waals surface area contributed by atoms with Crippen LogP contribution in [0.1, 0.15) is 5.56 Å². The second-order valence-electron chi connectivity index (χ2n) is 1.97. The van der Waals surface area contributed by atoms with Crippen molar-refractivity contribution in [2.45, 2.75) is 0 Å². The first-order valence-electron chi connectivity index (χ1n) is 3.09. The largest absolute Gasteiger partial charge is 0.261 e. The maximum atomic E-state index is 10.1. The molecule has 5 heteroatoms. The molecule has 0 aliphatic heterocycles. The number of hydrogen-bond donors (Lipinski definition) is 1. The summed E-state index contributed by atoms with van der Waals surface area (Å²) in [6, 6.07) is 7.33. The van der Waals surface area contributed by atoms with Crippen LogP contribution in [-0.2, 0) is 15.2 Å². The predicted octanol–water partition coefficient (Wildman–Crippen LogP) is 1.34. The normalized spacial score (nSPS) is 10.5. The summed E-state index contributed by atoms with van der Waals surface area (Å²) < 4.78 is 25.4. The quantitative estimate of drug-likeness (QED) is 0.676. The van der Waals surface area contributed by atoms with Crippen molar-refractivity contribution in [2.75, 3.05) is 0 Å². The van der Waals surface area contributed by atoms with Crippen LogP contribution >= 0.6 is 22.6 Å². The molecule has 0 fully saturated rings. The number of benzene rings is 1. The van der Waals surface area contributed by atoms with Crippen molar-refractivity contribution in [2.24, 2.45) is 0 Å². The van der Waals surface area contributed by atoms with Crippen molar-refractivity contribution >= 4 is 33.6 Å². The van der Waals surface area contributed by atoms with E-state index in [1.165, 1.54) is 6.61 Å². The van der Waals surface area contributed by atoms with Crippen molar-refractivity contribution in [3.63, 3.8) is 0 Å². The van der Waals surface area contributed by atoms with Gasteiger partial charge in [0.2, 0.25) is 0 Å². The molecule has 0 aliphatic carbocycles. The summed E-state index contributed by atoms with van der Waals surface area (Å²) in [4.78, 5) is 0. The Morgan fingerprint density at radius 2 is 2.00 bits per heavy atom. The first-order valence-corrected chi connectivity index (χ1v) is 5.26. The second-order valence-corrected chi connectivity index (χ2v) is 3.79. The van der Waals surface area contributed by atoms with Crippen LogP contribution in [0.3, 0.4) is 0 Å². The molecule has 0 aliphatic rings. The number of hydrogen-bond acceptors (Lipinski definition) is 3. The lowest BCUT2D eigenvalue weighted by Crippen LogP contribution is -1.90. The van der Waals surface area contributed by atoms with Gasteiger partial charge in [0.15, 0.2) is 0 Å². The van der Waals surface area contributed by atoms with E-state index in [9.17, 15) is 8.42 Å². The van der Waals surface area contributed by atoms with Gasteiger partial charge in [-0.25, -0.2) is 8.42 Å². The molecule has 1 radical (unpaired) electrons. The van der Waals surface area contributed by atoms with E-state index < -0.39 is 11.0 Å². The van der Waals surface area contributed by atoms with Gasteiger partial charge in [0.05, 0.1) is 0 Å². The monoisotopic (exact) mass is 297 g/mol. The first-order chi connectivity index (χ1) is 5.70. The minimum Gasteiger partial charge on any atom is -0.261 e. The van der Waals surface area contributed by atoms with E-state index in [0.717, 1.165) is 9.13 Å². The van der Waals surface area contributed by atoms with Crippen molar-refractivity contribution in [3.8, 4) is 0 Å². The zero-order valence-corrected chi connectivity index (χ0v) is 8.99. The summed E-state index contributed by atoms with van der Waals surface area (Å²) >= 11 is 2.10. The topological polar surface area (TPSA) is 43.4 Å². The Kier molecular flexibility index (Phi) is 3.96. The Morgan fingerprint density at radius 3 is 2.58 bits per heavy atom. The molecule has 0 saturated heterocycles. The third-order valence-electron chi connectivity index (χ3n) is 1.17. The van der Waals surface area contributed by atoms with Crippen LogP contribution in [0.25, 0.3) is 0 Å². The maximum absolute atomic E-state index is 10.1. The van der Waals surface area contributed by atoms with Crippen LogP contribution in [0, 0.1) is 10.2 Å². The van der Waals surface area contributed by atoms with Crippen LogP contribution in [0.2, 0.25) is 0 Å². The molecule has 0 bridgehead atoms. The van der Waals surface area contributed by atoms with Gasteiger partial charge in [-0.05, 0) is 34.2 Å². The molecular weight excluding hydrogens is 291 g/mol. The average molecular weight is 297 g/mol. The summed E-state index contributed by atoms with van der Waals surface area (Å²) in [5, 5.41) is 0. The summed E-state index contributed by atoms with van der Waals surface area (Å²) in [6.07, 6.45) is 0. The molecule has 65 valence electrons. The number of thiol groups is 1. The van der Waals surface area contributed by atoms with Crippen molar-refractivity contribution in [1.82, 2.24) is 0 Å². The summed E-state index contributed by atoms with van der Waals surface area (Å²) in [5.74, 6) is 0. The first kappa shape index (κ1) is 9.94. The Bertz CT molecular complexity index is 327. The lowest BCUT2D eigenvalue weighted by atomic mass is 10.2. The van der Waals surface area contributed by atoms with Gasteiger partial charge < -0.3 is 0 Å². The summed E-state index contributed by atoms with van der Waals surface area (Å²) in [7, 11) is -2.80. The standard InChI is InChI=1S/C7H6IO3S/c8-7-4-2-1-3-6(7)5-11-12(9)10/h1-5,12H. The van der Waals surface area contributed by atoms with Crippen molar-refractivity contribution in [3.05, 3.63) is 40.0 Å². The lowest BCUT2D eigenvalue weighted by molar-refractivity contribution is 0.429. The van der Waals surface area contributed by atoms with Crippen molar-refractivity contribution < 1.29 is 12.6 Å². The van der Waals surface area contributed by atoms with Crippen LogP contribution in [0.5, 0.6) is 0 Å². The summed E-state index contributed by atoms with van der Waals surface area (Å²) in [5.41, 5.74) is 0.761. The highest BCUT2D eigenvalue weighted by molar-refractivity contribution is 14.1. The third-order valence-corrected chi connectivity index (χ3v) is 2.43. The van der Waals surface area contributed by atoms with E-state index in [1.807, 2.05) is 18.2 Å². The molecule has 3 nitrogen and oxygen atoms in total. The van der Waals surface area contributed by atoms with E-state index >= 15 is 0 Å². The SMILES string of the molecule is O=[SH](=O)O[CH]c1ccccc1I. The molecule has 0 saturated carbocycles. The Morgan fingerprint density at radius 1 is 1.33 bits per heavy atom. The molecule has 0 N–H and O–H groups in total. The zero-order chi connectivity index (χ0) is 8.97. The molecule has 1 rings (SSSR count). The molecule has 0 unspecified atom stereocenters. The molecule has 0 aromatic heterocycles. The Hall–Kier alpha value is -0.140. The molecule has 1 aromatic rings. The smallest absolute Gasteiger partial charge is 0.257 e. The van der Waals surface area contributed by atoms with Gasteiger partial charge in [0.1, 0.15) is 6.61 Å². The number of rotatable bonds is 3. The lowest BCUT2D eigenvalue weighted by Gasteiger charge is -1.98. The number of halogens is 1. The van der Waals surface area contributed by atoms with E-state index in [0.29, 0.717) is 0 Å². The third kappa shape index (κ3) is 3.08. The highest BCUT2D eigenvalue weighted by Crippen LogP contribution is 2.13. The second kappa shape index (κ2) is 4.78. The van der Waals surface area contributed by atoms with E-state index in [2.05, 4.69) is 26.8 Å². The minimum atomic E-state index is -2.80. The predicted molar refractivity (Wildman–Crippen MR) is 54.0 cm³/mol. The fourth-order valence-corrected chi connectivity index (χ4v) is 1.38. The molecule has 12 heavy (non-hydrogen) atoms. The molecule has 0 atom stereocenters. The zero-order valence-electron chi connectivity index (χ0n) is 5.94. The maximum Gasteiger partial charge on any atom is 0.257 e.